The van der Waals surface area contributed by atoms with Crippen molar-refractivity contribution < 1.29 is 168 Å². The molecule has 0 radical (unpaired) electrons. The highest BCUT2D eigenvalue weighted by atomic mass is 32.2. The van der Waals surface area contributed by atoms with E-state index in [4.69, 9.17) is 27.9 Å². The van der Waals surface area contributed by atoms with Gasteiger partial charge in [0.05, 0.1) is 0 Å². The van der Waals surface area contributed by atoms with Gasteiger partial charge in [0.2, 0.25) is 0 Å². The second kappa shape index (κ2) is 27.9. The van der Waals surface area contributed by atoms with Crippen LogP contribution in [0.3, 0.4) is 0 Å². The number of benzene rings is 6. The van der Waals surface area contributed by atoms with E-state index in [1.54, 1.807) is 12.1 Å². The summed E-state index contributed by atoms with van der Waals surface area (Å²) < 4.78 is 351. The van der Waals surface area contributed by atoms with E-state index < -0.39 is 137 Å². The van der Waals surface area contributed by atoms with Crippen LogP contribution in [0.5, 0.6) is 28.7 Å². The third-order valence-electron chi connectivity index (χ3n) is 11.5. The Labute approximate surface area is 529 Å². The van der Waals surface area contributed by atoms with Gasteiger partial charge in [0.1, 0.15) is 23.0 Å². The van der Waals surface area contributed by atoms with Crippen LogP contribution < -0.4 is 27.9 Å². The van der Waals surface area contributed by atoms with E-state index in [1.165, 1.54) is 81.4 Å². The molecule has 0 aliphatic rings. The minimum Gasteiger partial charge on any atom is -0.448 e. The minimum absolute atomic E-state index is 0.00153. The highest BCUT2D eigenvalue weighted by molar-refractivity contribution is 7.89. The van der Waals surface area contributed by atoms with E-state index in [9.17, 15) is 128 Å². The number of amides is 1. The van der Waals surface area contributed by atoms with Crippen molar-refractivity contribution in [3.8, 4) is 28.7 Å². The van der Waals surface area contributed by atoms with Gasteiger partial charge in [0, 0.05) is 33.2 Å². The first kappa shape index (κ1) is 79.4. The van der Waals surface area contributed by atoms with Gasteiger partial charge in [-0.25, -0.2) is 19.2 Å². The maximum Gasteiger partial charge on any atom is 0.465 e. The molecule has 524 valence electrons. The van der Waals surface area contributed by atoms with Gasteiger partial charge in [-0.05, 0) is 103 Å². The first-order chi connectivity index (χ1) is 43.3. The number of fused-ring (bicyclic) bond motifs is 3. The van der Waals surface area contributed by atoms with Gasteiger partial charge >= 0.3 is 113 Å². The number of alkyl halides is 14. The molecule has 6 aromatic rings. The fourth-order valence-electron chi connectivity index (χ4n) is 6.53. The number of hydrogen-bond acceptors (Lipinski definition) is 21. The summed E-state index contributed by atoms with van der Waals surface area (Å²) in [4.78, 5) is 57.6. The summed E-state index contributed by atoms with van der Waals surface area (Å²) in [7, 11) is -34.3. The SMILES string of the molecule is C=C(C)C(=O)Nc1cccc2c(OS(=O)(=O)C(F)(F)C(F)(F)C(F)(F)S(=O)(=O)O)cccc12.C=C(C)C(=O)Oc1ccc2cc(OC(=O)COC(=O)C(F)(F)S(=O)(=O)O)ccc2c1.C=C(C)C(=O)Oc1ccc2cc(OS(=O)(=O)C(F)(F)C(F)(F)C(F)(F)S(=O)(=O)O)ccc2c1. The summed E-state index contributed by atoms with van der Waals surface area (Å²) in [6.07, 6.45) is 0. The lowest BCUT2D eigenvalue weighted by atomic mass is 10.1. The first-order valence-electron chi connectivity index (χ1n) is 24.5. The third kappa shape index (κ3) is 16.8. The molecule has 0 fully saturated rings. The van der Waals surface area contributed by atoms with Crippen molar-refractivity contribution in [3.63, 3.8) is 0 Å². The number of nitrogens with one attached hydrogen (secondary N) is 1. The summed E-state index contributed by atoms with van der Waals surface area (Å²) in [5.74, 6) is -22.1. The second-order valence-corrected chi connectivity index (χ2v) is 26.4. The summed E-state index contributed by atoms with van der Waals surface area (Å²) in [5, 5.41) is -29.2. The van der Waals surface area contributed by atoms with E-state index in [0.29, 0.717) is 22.9 Å². The molecule has 0 saturated heterocycles. The topological polar surface area (TPSA) is 384 Å². The summed E-state index contributed by atoms with van der Waals surface area (Å²) in [5.41, 5.74) is 0.343. The largest absolute Gasteiger partial charge is 0.465 e. The Morgan fingerprint density at radius 2 is 0.792 bits per heavy atom. The Hall–Kier alpha value is -9.08. The average Bonchev–Trinajstić information content (AvgIpc) is 0.729. The molecule has 0 atom stereocenters. The molecule has 0 aliphatic carbocycles. The van der Waals surface area contributed by atoms with E-state index >= 15 is 0 Å². The fourth-order valence-corrected chi connectivity index (χ4v) is 9.66. The van der Waals surface area contributed by atoms with Gasteiger partial charge in [0.15, 0.2) is 12.4 Å². The Bertz CT molecular complexity index is 4760. The van der Waals surface area contributed by atoms with E-state index in [2.05, 4.69) is 38.2 Å². The van der Waals surface area contributed by atoms with Gasteiger partial charge in [-0.1, -0.05) is 68.3 Å². The highest BCUT2D eigenvalue weighted by Gasteiger charge is 2.84. The Morgan fingerprint density at radius 3 is 1.17 bits per heavy atom. The maximum atomic E-state index is 14.0. The zero-order valence-corrected chi connectivity index (χ0v) is 51.6. The second-order valence-electron chi connectivity index (χ2n) is 18.9. The van der Waals surface area contributed by atoms with Gasteiger partial charge < -0.3 is 32.6 Å². The Balaban J connectivity index is 0.000000307. The van der Waals surface area contributed by atoms with Gasteiger partial charge in [-0.2, -0.15) is 104 Å². The lowest BCUT2D eigenvalue weighted by Crippen LogP contribution is -2.61. The molecular formula is C52H39F14NO24S5. The zero-order valence-electron chi connectivity index (χ0n) is 47.5. The molecule has 1 amide bonds. The van der Waals surface area contributed by atoms with Gasteiger partial charge in [0.25, 0.3) is 5.91 Å². The minimum atomic E-state index is -7.17. The van der Waals surface area contributed by atoms with Crippen LogP contribution in [0.2, 0.25) is 0 Å². The molecule has 25 nitrogen and oxygen atoms in total. The fraction of sp³-hybridized carbons (Fsp3) is 0.212. The quantitative estimate of drug-likeness (QED) is 0.0116. The highest BCUT2D eigenvalue weighted by Crippen LogP contribution is 2.53. The molecule has 0 unspecified atom stereocenters. The van der Waals surface area contributed by atoms with Crippen LogP contribution in [0, 0.1) is 0 Å². The molecule has 0 heterocycles. The van der Waals surface area contributed by atoms with Crippen LogP contribution in [0.4, 0.5) is 67.2 Å². The van der Waals surface area contributed by atoms with Crippen molar-refractivity contribution in [3.05, 3.63) is 146 Å². The van der Waals surface area contributed by atoms with Crippen LogP contribution in [0.15, 0.2) is 146 Å². The molecule has 4 N–H and O–H groups in total. The van der Waals surface area contributed by atoms with E-state index in [0.717, 1.165) is 24.3 Å². The number of carbonyl (C=O) groups excluding carboxylic acids is 5. The molecule has 6 aromatic carbocycles. The van der Waals surface area contributed by atoms with Gasteiger partial charge in [-0.15, -0.1) is 0 Å². The molecule has 0 aliphatic heterocycles. The lowest BCUT2D eigenvalue weighted by molar-refractivity contribution is -0.247. The summed E-state index contributed by atoms with van der Waals surface area (Å²) in [6, 6.07) is 21.4. The van der Waals surface area contributed by atoms with Crippen molar-refractivity contribution in [2.75, 3.05) is 11.9 Å². The molecule has 44 heteroatoms. The lowest BCUT2D eigenvalue weighted by Gasteiger charge is -2.29. The zero-order chi connectivity index (χ0) is 73.9. The van der Waals surface area contributed by atoms with Crippen molar-refractivity contribution in [2.45, 2.75) is 58.9 Å². The first-order valence-corrected chi connectivity index (χ1v) is 31.6. The maximum absolute atomic E-state index is 14.0. The molecule has 0 aromatic heterocycles. The third-order valence-corrected chi connectivity index (χ3v) is 16.7. The molecular weight excluding hydrogens is 1450 g/mol. The predicted octanol–water partition coefficient (Wildman–Crippen LogP) is 9.76. The Kier molecular flexibility index (Phi) is 23.1. The Morgan fingerprint density at radius 1 is 0.438 bits per heavy atom. The number of anilines is 1. The smallest absolute Gasteiger partial charge is 0.448 e. The summed E-state index contributed by atoms with van der Waals surface area (Å²) in [6.45, 7) is 13.1. The normalized spacial score (nSPS) is 13.0. The van der Waals surface area contributed by atoms with Crippen LogP contribution in [0.1, 0.15) is 20.8 Å². The number of carbonyl (C=O) groups is 5. The van der Waals surface area contributed by atoms with E-state index in [-0.39, 0.29) is 61.2 Å². The van der Waals surface area contributed by atoms with Crippen LogP contribution in [0.25, 0.3) is 32.3 Å². The number of rotatable bonds is 23. The van der Waals surface area contributed by atoms with Crippen LogP contribution >= 0.6 is 0 Å². The van der Waals surface area contributed by atoms with E-state index in [1.807, 2.05) is 0 Å². The van der Waals surface area contributed by atoms with Crippen molar-refractivity contribution in [1.82, 2.24) is 0 Å². The van der Waals surface area contributed by atoms with Gasteiger partial charge in [-0.3, -0.25) is 18.5 Å². The summed E-state index contributed by atoms with van der Waals surface area (Å²) >= 11 is 0. The predicted molar refractivity (Wildman–Crippen MR) is 301 cm³/mol. The number of esters is 4. The van der Waals surface area contributed by atoms with Crippen molar-refractivity contribution >= 4 is 118 Å². The molecule has 6 rings (SSSR count). The number of hydrogen-bond donors (Lipinski definition) is 4. The van der Waals surface area contributed by atoms with Crippen molar-refractivity contribution in [1.29, 1.82) is 0 Å². The number of ether oxygens (including phenoxy) is 4. The van der Waals surface area contributed by atoms with Crippen LogP contribution in [-0.2, 0) is 79.3 Å². The van der Waals surface area contributed by atoms with Crippen molar-refractivity contribution in [2.24, 2.45) is 0 Å². The standard InChI is InChI=1S/C18H14F2O9S.C17H13F6NO7S2.C17H12F6O8S2/c1-10(2)16(22)29-14-6-4-11-7-13(5-3-12(11)8-14)28-15(21)9-27-17(23)18(19,20)30(24,25)26;1-9(2)14(25)24-12-7-3-6-11-10(12)5-4-8-13(11)31-33(29,30)17(22,23)15(18,19)16(20,21)32(26,27)28;1-9(2)14(24)30-12-5-3-11-8-13(6-4-10(11)7-12)31-33(28,29)17(22,23)15(18,19)16(20,21)32(25,26)27/h3-8H,1,9H2,2H3,(H,24,25,26);3-8H,1H2,2H3,(H,24,25)(H,26,27,28);3-8H,1H2,2H3,(H,25,26,27). The number of halogens is 14. The molecule has 0 spiro atoms. The average molecular weight is 1490 g/mol. The molecule has 0 bridgehead atoms. The van der Waals surface area contributed by atoms with Crippen LogP contribution in [-0.4, -0.2) is 130 Å². The molecule has 0 saturated carbocycles. The monoisotopic (exact) mass is 1490 g/mol. The molecule has 96 heavy (non-hydrogen) atoms.